The second kappa shape index (κ2) is 5.24. The van der Waals surface area contributed by atoms with E-state index in [4.69, 9.17) is 15.2 Å². The molecule has 1 amide bonds. The molecule has 102 valence electrons. The van der Waals surface area contributed by atoms with Gasteiger partial charge in [0.25, 0.3) is 0 Å². The molecule has 0 aromatic heterocycles. The van der Waals surface area contributed by atoms with Crippen LogP contribution in [0.25, 0.3) is 0 Å². The van der Waals surface area contributed by atoms with E-state index in [1.54, 1.807) is 4.90 Å². The lowest BCUT2D eigenvalue weighted by Gasteiger charge is -2.38. The second-order valence-corrected chi connectivity index (χ2v) is 4.99. The van der Waals surface area contributed by atoms with Crippen LogP contribution in [-0.4, -0.2) is 55.2 Å². The van der Waals surface area contributed by atoms with Crippen LogP contribution in [0.15, 0.2) is 0 Å². The van der Waals surface area contributed by atoms with Gasteiger partial charge in [0.15, 0.2) is 0 Å². The number of nitrogens with two attached hydrogens (primary N) is 1. The molecular weight excluding hydrogens is 236 g/mol. The van der Waals surface area contributed by atoms with E-state index >= 15 is 0 Å². The molecule has 2 heterocycles. The molecule has 2 unspecified atom stereocenters. The van der Waals surface area contributed by atoms with Gasteiger partial charge in [-0.05, 0) is 25.7 Å². The van der Waals surface area contributed by atoms with E-state index < -0.39 is 11.6 Å². The Hall–Kier alpha value is -1.14. The van der Waals surface area contributed by atoms with Gasteiger partial charge in [0.2, 0.25) is 5.91 Å². The lowest BCUT2D eigenvalue weighted by Crippen LogP contribution is -2.60. The van der Waals surface area contributed by atoms with Gasteiger partial charge in [-0.3, -0.25) is 4.79 Å². The van der Waals surface area contributed by atoms with Crippen molar-refractivity contribution in [3.05, 3.63) is 0 Å². The van der Waals surface area contributed by atoms with E-state index in [1.807, 2.05) is 0 Å². The highest BCUT2D eigenvalue weighted by molar-refractivity contribution is 5.91. The summed E-state index contributed by atoms with van der Waals surface area (Å²) in [6.45, 7) is 1.30. The van der Waals surface area contributed by atoms with Crippen molar-refractivity contribution in [3.8, 4) is 0 Å². The Morgan fingerprint density at radius 3 is 2.83 bits per heavy atom. The van der Waals surface area contributed by atoms with Gasteiger partial charge in [-0.15, -0.1) is 0 Å². The molecule has 0 aromatic rings. The smallest absolute Gasteiger partial charge is 0.328 e. The third-order valence-electron chi connectivity index (χ3n) is 3.71. The molecule has 0 spiro atoms. The number of rotatable bonds is 2. The van der Waals surface area contributed by atoms with Gasteiger partial charge in [0.05, 0.1) is 13.7 Å². The summed E-state index contributed by atoms with van der Waals surface area (Å²) in [6, 6.07) is -0.489. The maximum absolute atomic E-state index is 12.5. The van der Waals surface area contributed by atoms with Gasteiger partial charge in [0.1, 0.15) is 11.6 Å². The monoisotopic (exact) mass is 256 g/mol. The van der Waals surface area contributed by atoms with Crippen molar-refractivity contribution >= 4 is 11.9 Å². The molecule has 2 aliphatic rings. The van der Waals surface area contributed by atoms with Crippen molar-refractivity contribution in [1.29, 1.82) is 0 Å². The van der Waals surface area contributed by atoms with Gasteiger partial charge in [-0.2, -0.15) is 0 Å². The van der Waals surface area contributed by atoms with Crippen LogP contribution in [0.5, 0.6) is 0 Å². The standard InChI is InChI=1S/C12H20N2O4/c1-17-10(15)9-4-2-3-6-14(9)11(16)12(13)5-7-18-8-12/h9H,2-8,13H2,1H3. The minimum atomic E-state index is -0.969. The molecule has 2 fully saturated rings. The number of nitrogens with zero attached hydrogens (tertiary/aromatic N) is 1. The zero-order valence-corrected chi connectivity index (χ0v) is 10.7. The topological polar surface area (TPSA) is 81.9 Å². The molecule has 6 nitrogen and oxygen atoms in total. The van der Waals surface area contributed by atoms with Crippen molar-refractivity contribution in [3.63, 3.8) is 0 Å². The normalized spacial score (nSPS) is 32.3. The predicted octanol–water partition coefficient (Wildman–Crippen LogP) is -0.342. The molecular formula is C12H20N2O4. The molecule has 6 heteroatoms. The number of hydrogen-bond acceptors (Lipinski definition) is 5. The van der Waals surface area contributed by atoms with E-state index in [1.165, 1.54) is 7.11 Å². The quantitative estimate of drug-likeness (QED) is 0.683. The Morgan fingerprint density at radius 1 is 1.44 bits per heavy atom. The van der Waals surface area contributed by atoms with Crippen molar-refractivity contribution in [2.24, 2.45) is 5.73 Å². The van der Waals surface area contributed by atoms with Crippen LogP contribution in [-0.2, 0) is 19.1 Å². The number of piperidine rings is 1. The number of likely N-dealkylation sites (tertiary alicyclic amines) is 1. The fourth-order valence-corrected chi connectivity index (χ4v) is 2.59. The first-order chi connectivity index (χ1) is 8.58. The molecule has 0 radical (unpaired) electrons. The van der Waals surface area contributed by atoms with Crippen LogP contribution in [0, 0.1) is 0 Å². The van der Waals surface area contributed by atoms with Crippen molar-refractivity contribution < 1.29 is 19.1 Å². The second-order valence-electron chi connectivity index (χ2n) is 4.99. The molecule has 2 N–H and O–H groups in total. The zero-order chi connectivity index (χ0) is 13.2. The van der Waals surface area contributed by atoms with Crippen molar-refractivity contribution in [2.45, 2.75) is 37.3 Å². The summed E-state index contributed by atoms with van der Waals surface area (Å²) in [5, 5.41) is 0. The average molecular weight is 256 g/mol. The summed E-state index contributed by atoms with van der Waals surface area (Å²) in [4.78, 5) is 25.8. The van der Waals surface area contributed by atoms with Gasteiger partial charge in [-0.25, -0.2) is 4.79 Å². The number of methoxy groups -OCH3 is 1. The van der Waals surface area contributed by atoms with Crippen LogP contribution >= 0.6 is 0 Å². The minimum absolute atomic E-state index is 0.185. The molecule has 2 saturated heterocycles. The molecule has 2 atom stereocenters. The van der Waals surface area contributed by atoms with E-state index in [2.05, 4.69) is 0 Å². The van der Waals surface area contributed by atoms with Gasteiger partial charge < -0.3 is 20.1 Å². The largest absolute Gasteiger partial charge is 0.467 e. The molecule has 0 bridgehead atoms. The summed E-state index contributed by atoms with van der Waals surface area (Å²) in [7, 11) is 1.34. The van der Waals surface area contributed by atoms with Gasteiger partial charge in [0, 0.05) is 13.2 Å². The van der Waals surface area contributed by atoms with Crippen molar-refractivity contribution in [1.82, 2.24) is 4.90 Å². The first-order valence-electron chi connectivity index (χ1n) is 6.34. The van der Waals surface area contributed by atoms with Crippen LogP contribution in [0.1, 0.15) is 25.7 Å². The number of esters is 1. The van der Waals surface area contributed by atoms with E-state index in [0.29, 0.717) is 26.0 Å². The third-order valence-corrected chi connectivity index (χ3v) is 3.71. The van der Waals surface area contributed by atoms with E-state index in [0.717, 1.165) is 12.8 Å². The number of amides is 1. The molecule has 0 aromatic carbocycles. The lowest BCUT2D eigenvalue weighted by molar-refractivity contribution is -0.156. The molecule has 2 rings (SSSR count). The lowest BCUT2D eigenvalue weighted by atomic mass is 9.94. The highest BCUT2D eigenvalue weighted by Crippen LogP contribution is 2.25. The van der Waals surface area contributed by atoms with E-state index in [9.17, 15) is 9.59 Å². The minimum Gasteiger partial charge on any atom is -0.467 e. The Labute approximate surface area is 106 Å². The highest BCUT2D eigenvalue weighted by Gasteiger charge is 2.45. The first kappa shape index (κ1) is 13.3. The van der Waals surface area contributed by atoms with Gasteiger partial charge in [-0.1, -0.05) is 0 Å². The summed E-state index contributed by atoms with van der Waals surface area (Å²) in [5.41, 5.74) is 5.10. The number of ether oxygens (including phenoxy) is 2. The SMILES string of the molecule is COC(=O)C1CCCCN1C(=O)C1(N)CCOC1. The number of carbonyl (C=O) groups excluding carboxylic acids is 2. The summed E-state index contributed by atoms with van der Waals surface area (Å²) < 4.78 is 9.97. The Bertz CT molecular complexity index is 339. The summed E-state index contributed by atoms with van der Waals surface area (Å²) in [6.07, 6.45) is 2.99. The molecule has 18 heavy (non-hydrogen) atoms. The molecule has 0 saturated carbocycles. The molecule has 0 aliphatic carbocycles. The maximum Gasteiger partial charge on any atom is 0.328 e. The number of carbonyl (C=O) groups is 2. The fraction of sp³-hybridized carbons (Fsp3) is 0.833. The Balaban J connectivity index is 2.13. The highest BCUT2D eigenvalue weighted by atomic mass is 16.5. The Morgan fingerprint density at radius 2 is 2.22 bits per heavy atom. The maximum atomic E-state index is 12.5. The summed E-state index contributed by atoms with van der Waals surface area (Å²) in [5.74, 6) is -0.541. The van der Waals surface area contributed by atoms with Crippen molar-refractivity contribution in [2.75, 3.05) is 26.9 Å². The molecule has 2 aliphatic heterocycles. The average Bonchev–Trinajstić information content (AvgIpc) is 2.85. The third kappa shape index (κ3) is 2.35. The zero-order valence-electron chi connectivity index (χ0n) is 10.7. The van der Waals surface area contributed by atoms with E-state index in [-0.39, 0.29) is 18.5 Å². The summed E-state index contributed by atoms with van der Waals surface area (Å²) >= 11 is 0. The van der Waals surface area contributed by atoms with Crippen LogP contribution in [0.4, 0.5) is 0 Å². The first-order valence-corrected chi connectivity index (χ1v) is 6.34. The Kier molecular flexibility index (Phi) is 3.87. The fourth-order valence-electron chi connectivity index (χ4n) is 2.59. The predicted molar refractivity (Wildman–Crippen MR) is 63.7 cm³/mol. The van der Waals surface area contributed by atoms with Crippen LogP contribution < -0.4 is 5.73 Å². The number of hydrogen-bond donors (Lipinski definition) is 1. The van der Waals surface area contributed by atoms with Gasteiger partial charge >= 0.3 is 5.97 Å². The van der Waals surface area contributed by atoms with Crippen LogP contribution in [0.2, 0.25) is 0 Å². The van der Waals surface area contributed by atoms with Crippen LogP contribution in [0.3, 0.4) is 0 Å².